The predicted molar refractivity (Wildman–Crippen MR) is 130 cm³/mol. The van der Waals surface area contributed by atoms with Gasteiger partial charge in [-0.3, -0.25) is 4.90 Å². The lowest BCUT2D eigenvalue weighted by Crippen LogP contribution is -2.83. The number of phenolic OH excluding ortho intramolecular Hbond substituents is 1. The van der Waals surface area contributed by atoms with Gasteiger partial charge in [0.25, 0.3) is 0 Å². The predicted octanol–water partition coefficient (Wildman–Crippen LogP) is 4.41. The number of methoxy groups -OCH3 is 1. The van der Waals surface area contributed by atoms with Gasteiger partial charge in [-0.2, -0.15) is 0 Å². The van der Waals surface area contributed by atoms with Crippen LogP contribution in [0.25, 0.3) is 0 Å². The Bertz CT molecular complexity index is 1060. The van der Waals surface area contributed by atoms with Crippen LogP contribution in [0.3, 0.4) is 0 Å². The maximum absolute atomic E-state index is 12.2. The van der Waals surface area contributed by atoms with Gasteiger partial charge in [0, 0.05) is 42.0 Å². The van der Waals surface area contributed by atoms with Gasteiger partial charge in [0.05, 0.1) is 5.60 Å². The molecule has 8 rings (SSSR count). The number of phenols is 1. The number of hydrogen-bond donors (Lipinski definition) is 2. The Morgan fingerprint density at radius 2 is 1.91 bits per heavy atom. The molecule has 2 spiro atoms. The maximum atomic E-state index is 12.2. The van der Waals surface area contributed by atoms with Crippen LogP contribution in [-0.4, -0.2) is 58.7 Å². The molecule has 1 saturated heterocycles. The number of piperidine rings is 1. The van der Waals surface area contributed by atoms with Crippen molar-refractivity contribution >= 4 is 0 Å². The third kappa shape index (κ3) is 2.25. The molecule has 0 radical (unpaired) electrons. The van der Waals surface area contributed by atoms with Gasteiger partial charge in [0.1, 0.15) is 11.7 Å². The lowest BCUT2D eigenvalue weighted by atomic mass is 9.33. The molecule has 1 unspecified atom stereocenters. The van der Waals surface area contributed by atoms with Gasteiger partial charge in [-0.1, -0.05) is 26.8 Å². The Morgan fingerprint density at radius 1 is 1.15 bits per heavy atom. The smallest absolute Gasteiger partial charge is 0.165 e. The molecule has 7 atom stereocenters. The second-order valence-electron chi connectivity index (χ2n) is 13.8. The number of rotatable bonds is 4. The van der Waals surface area contributed by atoms with Crippen molar-refractivity contribution in [2.75, 3.05) is 20.2 Å². The summed E-state index contributed by atoms with van der Waals surface area (Å²) in [6.07, 6.45) is 7.64. The first-order valence-corrected chi connectivity index (χ1v) is 13.6. The highest BCUT2D eigenvalue weighted by atomic mass is 16.6. The van der Waals surface area contributed by atoms with Crippen LogP contribution in [0, 0.1) is 22.7 Å². The molecule has 0 amide bonds. The SMILES string of the molecule is CO[C@@]12CCC3(C[C@@H]1[C@](C)(O)C(C)(C)C)[C@H]1Cc4ccc(O)c5c4[C@@]3(CCN1CC1CC1)[C@@H]2O5. The van der Waals surface area contributed by atoms with E-state index < -0.39 is 11.2 Å². The fourth-order valence-corrected chi connectivity index (χ4v) is 9.58. The molecule has 4 saturated carbocycles. The van der Waals surface area contributed by atoms with Crippen LogP contribution in [0.15, 0.2) is 12.1 Å². The minimum Gasteiger partial charge on any atom is -0.504 e. The molecule has 5 fully saturated rings. The number of aromatic hydroxyl groups is 1. The molecule has 2 aliphatic heterocycles. The summed E-state index contributed by atoms with van der Waals surface area (Å²) >= 11 is 0. The molecular weight excluding hydrogens is 426 g/mol. The Labute approximate surface area is 203 Å². The minimum atomic E-state index is -0.909. The molecule has 2 N–H and O–H groups in total. The molecule has 5 nitrogen and oxygen atoms in total. The van der Waals surface area contributed by atoms with Gasteiger partial charge in [-0.05, 0) is 81.4 Å². The molecule has 4 bridgehead atoms. The highest BCUT2D eigenvalue weighted by Gasteiger charge is 2.82. The van der Waals surface area contributed by atoms with Crippen molar-refractivity contribution in [2.45, 2.75) is 101 Å². The molecule has 2 heterocycles. The van der Waals surface area contributed by atoms with Crippen LogP contribution in [0.2, 0.25) is 0 Å². The molecule has 0 aromatic heterocycles. The first kappa shape index (κ1) is 21.9. The van der Waals surface area contributed by atoms with Gasteiger partial charge in [0.15, 0.2) is 11.5 Å². The summed E-state index contributed by atoms with van der Waals surface area (Å²) in [6.45, 7) is 10.8. The van der Waals surface area contributed by atoms with Gasteiger partial charge in [-0.15, -0.1) is 0 Å². The summed E-state index contributed by atoms with van der Waals surface area (Å²) in [6, 6.07) is 4.46. The molecule has 5 heteroatoms. The van der Waals surface area contributed by atoms with Gasteiger partial charge < -0.3 is 19.7 Å². The van der Waals surface area contributed by atoms with Crippen LogP contribution < -0.4 is 4.74 Å². The second-order valence-corrected chi connectivity index (χ2v) is 13.8. The summed E-state index contributed by atoms with van der Waals surface area (Å²) in [5, 5.41) is 23.2. The molecule has 5 aliphatic carbocycles. The minimum absolute atomic E-state index is 0.0294. The van der Waals surface area contributed by atoms with Crippen molar-refractivity contribution in [3.8, 4) is 11.5 Å². The largest absolute Gasteiger partial charge is 0.504 e. The van der Waals surface area contributed by atoms with E-state index in [1.807, 2.05) is 20.1 Å². The van der Waals surface area contributed by atoms with Gasteiger partial charge >= 0.3 is 0 Å². The van der Waals surface area contributed by atoms with E-state index in [1.165, 1.54) is 30.5 Å². The van der Waals surface area contributed by atoms with E-state index in [1.54, 1.807) is 0 Å². The third-order valence-electron chi connectivity index (χ3n) is 11.9. The van der Waals surface area contributed by atoms with Crippen LogP contribution in [-0.2, 0) is 16.6 Å². The number of nitrogens with zero attached hydrogens (tertiary/aromatic N) is 1. The topological polar surface area (TPSA) is 62.2 Å². The average Bonchev–Trinajstić information content (AvgIpc) is 3.53. The second kappa shape index (κ2) is 6.33. The number of benzene rings is 1. The van der Waals surface area contributed by atoms with E-state index >= 15 is 0 Å². The van der Waals surface area contributed by atoms with Gasteiger partial charge in [-0.25, -0.2) is 0 Å². The summed E-state index contributed by atoms with van der Waals surface area (Å²) in [5.74, 6) is 1.80. The van der Waals surface area contributed by atoms with Crippen molar-refractivity contribution in [1.29, 1.82) is 0 Å². The van der Waals surface area contributed by atoms with Crippen LogP contribution in [0.4, 0.5) is 0 Å². The zero-order valence-electron chi connectivity index (χ0n) is 21.5. The first-order chi connectivity index (χ1) is 16.0. The number of ether oxygens (including phenoxy) is 2. The average molecular weight is 468 g/mol. The number of aliphatic hydroxyl groups is 1. The Kier molecular flexibility index (Phi) is 4.08. The van der Waals surface area contributed by atoms with Crippen molar-refractivity contribution in [3.05, 3.63) is 23.3 Å². The number of likely N-dealkylation sites (tertiary alicyclic amines) is 1. The fourth-order valence-electron chi connectivity index (χ4n) is 9.58. The Hall–Kier alpha value is -1.30. The molecular formula is C29H41NO4. The molecule has 1 aromatic rings. The van der Waals surface area contributed by atoms with Crippen molar-refractivity contribution in [1.82, 2.24) is 4.90 Å². The summed E-state index contributed by atoms with van der Waals surface area (Å²) in [5.41, 5.74) is 0.783. The number of fused-ring (bicyclic) bond motifs is 2. The van der Waals surface area contributed by atoms with Crippen molar-refractivity contribution in [2.24, 2.45) is 22.7 Å². The third-order valence-corrected chi connectivity index (χ3v) is 11.9. The highest BCUT2D eigenvalue weighted by molar-refractivity contribution is 5.63. The van der Waals surface area contributed by atoms with E-state index in [2.05, 4.69) is 31.7 Å². The van der Waals surface area contributed by atoms with E-state index in [4.69, 9.17) is 9.47 Å². The summed E-state index contributed by atoms with van der Waals surface area (Å²) < 4.78 is 13.5. The Balaban J connectivity index is 1.47. The fraction of sp³-hybridized carbons (Fsp3) is 0.793. The Morgan fingerprint density at radius 3 is 2.59 bits per heavy atom. The van der Waals surface area contributed by atoms with E-state index in [0.29, 0.717) is 11.8 Å². The van der Waals surface area contributed by atoms with Crippen molar-refractivity contribution in [3.63, 3.8) is 0 Å². The quantitative estimate of drug-likeness (QED) is 0.687. The maximum Gasteiger partial charge on any atom is 0.165 e. The summed E-state index contributed by atoms with van der Waals surface area (Å²) in [4.78, 5) is 2.82. The van der Waals surface area contributed by atoms with E-state index in [9.17, 15) is 10.2 Å². The lowest BCUT2D eigenvalue weighted by Gasteiger charge is -2.75. The molecule has 34 heavy (non-hydrogen) atoms. The highest BCUT2D eigenvalue weighted by Crippen LogP contribution is 2.78. The normalized spacial score (nSPS) is 43.9. The van der Waals surface area contributed by atoms with E-state index in [0.717, 1.165) is 44.6 Å². The lowest BCUT2D eigenvalue weighted by molar-refractivity contribution is -0.312. The molecule has 7 aliphatic rings. The van der Waals surface area contributed by atoms with E-state index in [-0.39, 0.29) is 34.0 Å². The monoisotopic (exact) mass is 467 g/mol. The first-order valence-electron chi connectivity index (χ1n) is 13.6. The molecule has 1 aromatic carbocycles. The standard InChI is InChI=1S/C29H41NO4/c1-25(2,3)26(4,32)20-15-27-10-11-29(20,33-5)24-28(27)12-13-30(16-17-6-7-17)21(27)14-18-8-9-19(31)23(34-24)22(18)28/h8-9,17,20-21,24,31-32H,6-7,10-16H2,1-5H3/t20-,21-,24+,26+,27?,28+,29+/m1/s1. The number of hydrogen-bond acceptors (Lipinski definition) is 5. The van der Waals surface area contributed by atoms with Crippen LogP contribution in [0.5, 0.6) is 11.5 Å². The van der Waals surface area contributed by atoms with Crippen molar-refractivity contribution < 1.29 is 19.7 Å². The molecule has 186 valence electrons. The van der Waals surface area contributed by atoms with Crippen LogP contribution in [0.1, 0.15) is 77.3 Å². The summed E-state index contributed by atoms with van der Waals surface area (Å²) in [7, 11) is 1.83. The zero-order valence-corrected chi connectivity index (χ0v) is 21.5. The zero-order chi connectivity index (χ0) is 23.9. The van der Waals surface area contributed by atoms with Gasteiger partial charge in [0.2, 0.25) is 0 Å². The van der Waals surface area contributed by atoms with Crippen LogP contribution >= 0.6 is 0 Å².